The van der Waals surface area contributed by atoms with Crippen LogP contribution in [0.2, 0.25) is 5.02 Å². The Hall–Kier alpha value is -1.34. The Morgan fingerprint density at radius 2 is 1.75 bits per heavy atom. The number of hydrogen-bond donors (Lipinski definition) is 2. The van der Waals surface area contributed by atoms with Crippen molar-refractivity contribution in [3.63, 3.8) is 0 Å². The summed E-state index contributed by atoms with van der Waals surface area (Å²) in [6, 6.07) is 9.98. The third-order valence-corrected chi connectivity index (χ3v) is 4.06. The van der Waals surface area contributed by atoms with Crippen LogP contribution < -0.4 is 10.6 Å². The maximum Gasteiger partial charge on any atom is 0.190 e. The van der Waals surface area contributed by atoms with Crippen molar-refractivity contribution in [3.05, 3.63) is 64.4 Å². The fourth-order valence-electron chi connectivity index (χ4n) is 2.34. The normalized spacial score (nSPS) is 10.9. The maximum absolute atomic E-state index is 6.16. The predicted octanol–water partition coefficient (Wildman–Crippen LogP) is 3.61. The topological polar surface area (TPSA) is 49.3 Å². The third kappa shape index (κ3) is 6.65. The number of pyridine rings is 1. The predicted molar refractivity (Wildman–Crippen MR) is 113 cm³/mol. The fraction of sp³-hybridized carbons (Fsp3) is 0.333. The van der Waals surface area contributed by atoms with Gasteiger partial charge in [0.2, 0.25) is 0 Å². The molecule has 0 saturated heterocycles. The average Bonchev–Trinajstić information content (AvgIpc) is 2.56. The first-order valence-electron chi connectivity index (χ1n) is 7.78. The van der Waals surface area contributed by atoms with Crippen LogP contribution in [0.5, 0.6) is 0 Å². The summed E-state index contributed by atoms with van der Waals surface area (Å²) in [5.41, 5.74) is 3.67. The largest absolute Gasteiger partial charge is 0.356 e. The molecule has 1 aromatic heterocycles. The lowest BCUT2D eigenvalue weighted by atomic mass is 10.1. The van der Waals surface area contributed by atoms with Crippen LogP contribution in [0.3, 0.4) is 0 Å². The minimum Gasteiger partial charge on any atom is -0.356 e. The molecule has 0 aliphatic carbocycles. The summed E-state index contributed by atoms with van der Waals surface area (Å²) in [4.78, 5) is 8.36. The van der Waals surface area contributed by atoms with Gasteiger partial charge < -0.3 is 10.6 Å². The lowest BCUT2D eigenvalue weighted by molar-refractivity contribution is 0.782. The number of rotatable bonds is 6. The molecule has 0 atom stereocenters. The van der Waals surface area contributed by atoms with Gasteiger partial charge in [-0.15, -0.1) is 24.0 Å². The van der Waals surface area contributed by atoms with Gasteiger partial charge in [0.1, 0.15) is 0 Å². The zero-order valence-corrected chi connectivity index (χ0v) is 17.1. The quantitative estimate of drug-likeness (QED) is 0.395. The second-order valence-corrected chi connectivity index (χ2v) is 5.73. The van der Waals surface area contributed by atoms with Crippen LogP contribution in [0, 0.1) is 6.92 Å². The Kier molecular flexibility index (Phi) is 9.71. The van der Waals surface area contributed by atoms with E-state index in [1.54, 1.807) is 7.05 Å². The SMILES string of the molecule is CN=C(NCCc1ccncc1C)NCCc1ccccc1Cl.I. The number of aromatic nitrogens is 1. The molecule has 4 nitrogen and oxygen atoms in total. The van der Waals surface area contributed by atoms with E-state index in [1.807, 2.05) is 36.7 Å². The van der Waals surface area contributed by atoms with Gasteiger partial charge in [-0.3, -0.25) is 9.98 Å². The summed E-state index contributed by atoms with van der Waals surface area (Å²) in [6.07, 6.45) is 5.54. The lowest BCUT2D eigenvalue weighted by Crippen LogP contribution is -2.39. The molecule has 6 heteroatoms. The number of guanidine groups is 1. The van der Waals surface area contributed by atoms with E-state index < -0.39 is 0 Å². The molecular weight excluding hydrogens is 435 g/mol. The molecule has 0 spiro atoms. The Morgan fingerprint density at radius 1 is 1.08 bits per heavy atom. The molecule has 2 rings (SSSR count). The van der Waals surface area contributed by atoms with Gasteiger partial charge in [-0.25, -0.2) is 0 Å². The van der Waals surface area contributed by atoms with E-state index in [4.69, 9.17) is 11.6 Å². The fourth-order valence-corrected chi connectivity index (χ4v) is 2.57. The smallest absolute Gasteiger partial charge is 0.190 e. The Morgan fingerprint density at radius 3 is 2.38 bits per heavy atom. The molecule has 0 amide bonds. The second kappa shape index (κ2) is 11.3. The minimum absolute atomic E-state index is 0. The first-order valence-corrected chi connectivity index (χ1v) is 8.16. The molecule has 1 heterocycles. The summed E-state index contributed by atoms with van der Waals surface area (Å²) in [5, 5.41) is 7.46. The van der Waals surface area contributed by atoms with E-state index in [0.29, 0.717) is 0 Å². The van der Waals surface area contributed by atoms with Crippen LogP contribution in [0.4, 0.5) is 0 Å². The van der Waals surface area contributed by atoms with Crippen molar-refractivity contribution in [3.8, 4) is 0 Å². The van der Waals surface area contributed by atoms with E-state index in [9.17, 15) is 0 Å². The first kappa shape index (κ1) is 20.7. The molecular formula is C18H24ClIN4. The number of aliphatic imine (C=N–C) groups is 1. The summed E-state index contributed by atoms with van der Waals surface area (Å²) in [7, 11) is 1.78. The van der Waals surface area contributed by atoms with Crippen LogP contribution in [0.1, 0.15) is 16.7 Å². The minimum atomic E-state index is 0. The number of aryl methyl sites for hydroxylation is 1. The molecule has 0 bridgehead atoms. The van der Waals surface area contributed by atoms with Crippen molar-refractivity contribution in [2.45, 2.75) is 19.8 Å². The molecule has 0 unspecified atom stereocenters. The zero-order valence-electron chi connectivity index (χ0n) is 14.1. The molecule has 1 aromatic carbocycles. The number of nitrogens with one attached hydrogen (secondary N) is 2. The van der Waals surface area contributed by atoms with Crippen molar-refractivity contribution in [1.29, 1.82) is 0 Å². The number of halogens is 2. The number of hydrogen-bond acceptors (Lipinski definition) is 2. The summed E-state index contributed by atoms with van der Waals surface area (Å²) in [6.45, 7) is 3.70. The summed E-state index contributed by atoms with van der Waals surface area (Å²) in [5.74, 6) is 0.809. The number of nitrogens with zero attached hydrogens (tertiary/aromatic N) is 2. The van der Waals surface area contributed by atoms with Gasteiger partial charge in [0.15, 0.2) is 5.96 Å². The summed E-state index contributed by atoms with van der Waals surface area (Å²) >= 11 is 6.16. The van der Waals surface area contributed by atoms with E-state index in [2.05, 4.69) is 33.6 Å². The van der Waals surface area contributed by atoms with Crippen LogP contribution >= 0.6 is 35.6 Å². The highest BCUT2D eigenvalue weighted by Gasteiger charge is 2.02. The Labute approximate surface area is 166 Å². The van der Waals surface area contributed by atoms with Crippen LogP contribution in [-0.2, 0) is 12.8 Å². The van der Waals surface area contributed by atoms with E-state index in [1.165, 1.54) is 11.1 Å². The molecule has 24 heavy (non-hydrogen) atoms. The first-order chi connectivity index (χ1) is 11.2. The molecule has 0 saturated carbocycles. The lowest BCUT2D eigenvalue weighted by Gasteiger charge is -2.13. The van der Waals surface area contributed by atoms with Gasteiger partial charge >= 0.3 is 0 Å². The highest BCUT2D eigenvalue weighted by atomic mass is 127. The van der Waals surface area contributed by atoms with Crippen molar-refractivity contribution >= 4 is 41.5 Å². The molecule has 0 radical (unpaired) electrons. The highest BCUT2D eigenvalue weighted by Crippen LogP contribution is 2.14. The zero-order chi connectivity index (χ0) is 16.5. The van der Waals surface area contributed by atoms with E-state index in [-0.39, 0.29) is 24.0 Å². The average molecular weight is 459 g/mol. The monoisotopic (exact) mass is 458 g/mol. The van der Waals surface area contributed by atoms with Crippen LogP contribution in [0.15, 0.2) is 47.7 Å². The van der Waals surface area contributed by atoms with Gasteiger partial charge in [-0.05, 0) is 48.6 Å². The highest BCUT2D eigenvalue weighted by molar-refractivity contribution is 14.0. The standard InChI is InChI=1S/C18H23ClN4.HI/c1-14-13-21-10-7-15(14)8-11-22-18(20-2)23-12-9-16-5-3-4-6-17(16)19;/h3-7,10,13H,8-9,11-12H2,1-2H3,(H2,20,22,23);1H. The van der Waals surface area contributed by atoms with Gasteiger partial charge in [0, 0.05) is 37.6 Å². The van der Waals surface area contributed by atoms with Crippen molar-refractivity contribution in [2.24, 2.45) is 4.99 Å². The summed E-state index contributed by atoms with van der Waals surface area (Å²) < 4.78 is 0. The molecule has 0 fully saturated rings. The molecule has 2 aromatic rings. The third-order valence-electron chi connectivity index (χ3n) is 3.69. The van der Waals surface area contributed by atoms with Crippen molar-refractivity contribution in [1.82, 2.24) is 15.6 Å². The molecule has 0 aliphatic heterocycles. The second-order valence-electron chi connectivity index (χ2n) is 5.32. The number of benzene rings is 1. The van der Waals surface area contributed by atoms with Crippen molar-refractivity contribution < 1.29 is 0 Å². The van der Waals surface area contributed by atoms with Crippen molar-refractivity contribution in [2.75, 3.05) is 20.1 Å². The van der Waals surface area contributed by atoms with Gasteiger partial charge in [0.05, 0.1) is 0 Å². The van der Waals surface area contributed by atoms with Crippen LogP contribution in [0.25, 0.3) is 0 Å². The maximum atomic E-state index is 6.16. The molecule has 0 aliphatic rings. The Bertz CT molecular complexity index is 607. The molecule has 2 N–H and O–H groups in total. The van der Waals surface area contributed by atoms with E-state index >= 15 is 0 Å². The molecule has 130 valence electrons. The Balaban J connectivity index is 0.00000288. The van der Waals surface area contributed by atoms with Gasteiger partial charge in [0.25, 0.3) is 0 Å². The van der Waals surface area contributed by atoms with Gasteiger partial charge in [-0.1, -0.05) is 29.8 Å². The van der Waals surface area contributed by atoms with Gasteiger partial charge in [-0.2, -0.15) is 0 Å². The van der Waals surface area contributed by atoms with Crippen LogP contribution in [-0.4, -0.2) is 31.1 Å². The van der Waals surface area contributed by atoms with E-state index in [0.717, 1.165) is 42.5 Å².